The average Bonchev–Trinajstić information content (AvgIpc) is 3.20. The van der Waals surface area contributed by atoms with Crippen molar-refractivity contribution in [3.63, 3.8) is 0 Å². The molecule has 9 nitrogen and oxygen atoms in total. The van der Waals surface area contributed by atoms with E-state index >= 15 is 0 Å². The summed E-state index contributed by atoms with van der Waals surface area (Å²) in [6.45, 7) is 1.02. The lowest BCUT2D eigenvalue weighted by atomic mass is 9.98. The van der Waals surface area contributed by atoms with Gasteiger partial charge in [-0.15, -0.1) is 0 Å². The van der Waals surface area contributed by atoms with Crippen molar-refractivity contribution in [2.24, 2.45) is 5.92 Å². The summed E-state index contributed by atoms with van der Waals surface area (Å²) < 4.78 is 14.8. The third kappa shape index (κ3) is 4.55. The van der Waals surface area contributed by atoms with Crippen LogP contribution in [0, 0.1) is 11.7 Å². The molecule has 1 aliphatic heterocycles. The van der Waals surface area contributed by atoms with Crippen molar-refractivity contribution in [2.45, 2.75) is 19.4 Å². The number of aromatic nitrogens is 3. The number of hydrogen-bond acceptors (Lipinski definition) is 7. The fraction of sp³-hybridized carbons (Fsp3) is 0.350. The smallest absolute Gasteiger partial charge is 0.273 e. The maximum atomic E-state index is 13.3. The van der Waals surface area contributed by atoms with Crippen molar-refractivity contribution in [3.05, 3.63) is 46.8 Å². The predicted octanol–water partition coefficient (Wildman–Crippen LogP) is 1.59. The molecule has 0 aliphatic carbocycles. The molecule has 4 rings (SSSR count). The number of thiazole rings is 1. The van der Waals surface area contributed by atoms with Gasteiger partial charge in [-0.05, 0) is 31.0 Å². The van der Waals surface area contributed by atoms with E-state index in [0.717, 1.165) is 19.4 Å². The minimum absolute atomic E-state index is 0.00407. The Labute approximate surface area is 180 Å². The van der Waals surface area contributed by atoms with E-state index in [1.807, 2.05) is 4.90 Å². The molecule has 3 heterocycles. The Kier molecular flexibility index (Phi) is 5.94. The zero-order valence-electron chi connectivity index (χ0n) is 16.8. The molecule has 162 valence electrons. The molecule has 2 N–H and O–H groups in total. The number of benzene rings is 1. The third-order valence-electron chi connectivity index (χ3n) is 5.10. The largest absolute Gasteiger partial charge is 0.359 e. The van der Waals surface area contributed by atoms with Gasteiger partial charge in [0.15, 0.2) is 10.8 Å². The van der Waals surface area contributed by atoms with Crippen molar-refractivity contribution in [3.8, 4) is 0 Å². The molecule has 1 saturated heterocycles. The lowest BCUT2D eigenvalue weighted by molar-refractivity contribution is -0.124. The second kappa shape index (κ2) is 8.80. The van der Waals surface area contributed by atoms with Crippen LogP contribution in [0.15, 0.2) is 35.4 Å². The van der Waals surface area contributed by atoms with Gasteiger partial charge in [-0.25, -0.2) is 9.37 Å². The molecular weight excluding hydrogens is 423 g/mol. The molecule has 1 atom stereocenters. The lowest BCUT2D eigenvalue weighted by Gasteiger charge is -2.31. The number of carbonyl (C=O) groups excluding carboxylic acids is 2. The molecule has 11 heteroatoms. The summed E-state index contributed by atoms with van der Waals surface area (Å²) in [5, 5.41) is 5.88. The number of amides is 2. The van der Waals surface area contributed by atoms with Gasteiger partial charge >= 0.3 is 0 Å². The van der Waals surface area contributed by atoms with Gasteiger partial charge in [0.1, 0.15) is 23.4 Å². The Morgan fingerprint density at radius 1 is 1.35 bits per heavy atom. The van der Waals surface area contributed by atoms with Gasteiger partial charge in [0, 0.05) is 25.8 Å². The number of fused-ring (bicyclic) bond motifs is 1. The van der Waals surface area contributed by atoms with Crippen LogP contribution in [-0.2, 0) is 16.1 Å². The number of nitrogens with one attached hydrogen (secondary N) is 2. The van der Waals surface area contributed by atoms with Crippen LogP contribution in [0.25, 0.3) is 10.3 Å². The summed E-state index contributed by atoms with van der Waals surface area (Å²) in [7, 11) is 1.62. The first-order chi connectivity index (χ1) is 14.9. The standard InChI is InChI=1S/C20H21FN6O3S/c1-22-18(29)12-4-3-7-26(9-12)20-25-17-16(31-20)19(30)27(11-23-17)10-15(28)24-14-6-2-5-13(21)8-14/h2,5-6,8,11-12H,3-4,7,9-10H2,1H3,(H,22,29)(H,24,28)/t12-/m1/s1. The third-order valence-corrected chi connectivity index (χ3v) is 6.20. The van der Waals surface area contributed by atoms with Gasteiger partial charge in [-0.2, -0.15) is 4.98 Å². The molecular formula is C20H21FN6O3S. The highest BCUT2D eigenvalue weighted by Gasteiger charge is 2.27. The fourth-order valence-electron chi connectivity index (χ4n) is 3.57. The van der Waals surface area contributed by atoms with Gasteiger partial charge in [0.05, 0.1) is 5.92 Å². The first-order valence-electron chi connectivity index (χ1n) is 9.82. The van der Waals surface area contributed by atoms with Crippen LogP contribution in [0.3, 0.4) is 0 Å². The number of anilines is 2. The highest BCUT2D eigenvalue weighted by molar-refractivity contribution is 7.22. The second-order valence-electron chi connectivity index (χ2n) is 7.28. The molecule has 2 aromatic heterocycles. The maximum absolute atomic E-state index is 13.3. The molecule has 1 aliphatic rings. The highest BCUT2D eigenvalue weighted by Crippen LogP contribution is 2.29. The SMILES string of the molecule is CNC(=O)[C@@H]1CCCN(c2nc3ncn(CC(=O)Nc4cccc(F)c4)c(=O)c3s2)C1. The number of rotatable bonds is 5. The van der Waals surface area contributed by atoms with Crippen LogP contribution < -0.4 is 21.1 Å². The quantitative estimate of drug-likeness (QED) is 0.619. The van der Waals surface area contributed by atoms with Crippen LogP contribution in [0.2, 0.25) is 0 Å². The molecule has 0 unspecified atom stereocenters. The highest BCUT2D eigenvalue weighted by atomic mass is 32.1. The van der Waals surface area contributed by atoms with Crippen LogP contribution >= 0.6 is 11.3 Å². The Hall–Kier alpha value is -3.34. The Morgan fingerprint density at radius 2 is 2.19 bits per heavy atom. The number of piperidine rings is 1. The van der Waals surface area contributed by atoms with E-state index in [2.05, 4.69) is 20.6 Å². The van der Waals surface area contributed by atoms with E-state index in [1.165, 1.54) is 40.4 Å². The normalized spacial score (nSPS) is 16.3. The van der Waals surface area contributed by atoms with E-state index in [4.69, 9.17) is 0 Å². The summed E-state index contributed by atoms with van der Waals surface area (Å²) in [4.78, 5) is 47.8. The summed E-state index contributed by atoms with van der Waals surface area (Å²) in [6.07, 6.45) is 2.95. The van der Waals surface area contributed by atoms with Gasteiger partial charge in [0.25, 0.3) is 5.56 Å². The molecule has 0 spiro atoms. The molecule has 3 aromatic rings. The zero-order chi connectivity index (χ0) is 22.0. The molecule has 0 saturated carbocycles. The minimum atomic E-state index is -0.469. The summed E-state index contributed by atoms with van der Waals surface area (Å²) in [5.41, 5.74) is 0.250. The number of hydrogen-bond donors (Lipinski definition) is 2. The lowest BCUT2D eigenvalue weighted by Crippen LogP contribution is -2.42. The van der Waals surface area contributed by atoms with Crippen LogP contribution in [0.4, 0.5) is 15.2 Å². The Balaban J connectivity index is 1.52. The Morgan fingerprint density at radius 3 is 2.97 bits per heavy atom. The monoisotopic (exact) mass is 444 g/mol. The summed E-state index contributed by atoms with van der Waals surface area (Å²) in [6, 6.07) is 5.52. The van der Waals surface area contributed by atoms with E-state index in [1.54, 1.807) is 13.1 Å². The molecule has 1 fully saturated rings. The molecule has 1 aromatic carbocycles. The van der Waals surface area contributed by atoms with Crippen molar-refractivity contribution in [1.82, 2.24) is 19.9 Å². The first-order valence-corrected chi connectivity index (χ1v) is 10.6. The topological polar surface area (TPSA) is 109 Å². The summed E-state index contributed by atoms with van der Waals surface area (Å²) in [5.74, 6) is -1.06. The predicted molar refractivity (Wildman–Crippen MR) is 116 cm³/mol. The number of nitrogens with zero attached hydrogens (tertiary/aromatic N) is 4. The first kappa shape index (κ1) is 20.9. The van der Waals surface area contributed by atoms with Crippen LogP contribution in [0.1, 0.15) is 12.8 Å². The molecule has 2 amide bonds. The van der Waals surface area contributed by atoms with Gasteiger partial charge < -0.3 is 15.5 Å². The van der Waals surface area contributed by atoms with E-state index in [-0.39, 0.29) is 23.9 Å². The van der Waals surface area contributed by atoms with E-state index in [9.17, 15) is 18.8 Å². The number of carbonyl (C=O) groups is 2. The van der Waals surface area contributed by atoms with E-state index in [0.29, 0.717) is 27.7 Å². The number of halogens is 1. The van der Waals surface area contributed by atoms with Gasteiger partial charge in [-0.1, -0.05) is 17.4 Å². The maximum Gasteiger partial charge on any atom is 0.273 e. The fourth-order valence-corrected chi connectivity index (χ4v) is 4.58. The van der Waals surface area contributed by atoms with Gasteiger partial charge in [0.2, 0.25) is 11.8 Å². The molecule has 0 bridgehead atoms. The summed E-state index contributed by atoms with van der Waals surface area (Å²) >= 11 is 1.20. The van der Waals surface area contributed by atoms with E-state index < -0.39 is 11.7 Å². The average molecular weight is 444 g/mol. The van der Waals surface area contributed by atoms with Crippen molar-refractivity contribution < 1.29 is 14.0 Å². The minimum Gasteiger partial charge on any atom is -0.359 e. The van der Waals surface area contributed by atoms with Crippen LogP contribution in [0.5, 0.6) is 0 Å². The van der Waals surface area contributed by atoms with Crippen molar-refractivity contribution in [1.29, 1.82) is 0 Å². The molecule has 0 radical (unpaired) electrons. The van der Waals surface area contributed by atoms with Gasteiger partial charge in [-0.3, -0.25) is 19.0 Å². The van der Waals surface area contributed by atoms with Crippen molar-refractivity contribution >= 4 is 44.3 Å². The van der Waals surface area contributed by atoms with Crippen LogP contribution in [-0.4, -0.2) is 46.5 Å². The van der Waals surface area contributed by atoms with Crippen molar-refractivity contribution in [2.75, 3.05) is 30.4 Å². The zero-order valence-corrected chi connectivity index (χ0v) is 17.6. The Bertz CT molecular complexity index is 1190. The molecule has 31 heavy (non-hydrogen) atoms. The second-order valence-corrected chi connectivity index (χ2v) is 8.26.